The highest BCUT2D eigenvalue weighted by molar-refractivity contribution is 9.10. The summed E-state index contributed by atoms with van der Waals surface area (Å²) in [4.78, 5) is 47.0. The number of fused-ring (bicyclic) bond motifs is 1. The summed E-state index contributed by atoms with van der Waals surface area (Å²) in [7, 11) is 0. The van der Waals surface area contributed by atoms with Gasteiger partial charge >= 0.3 is 12.0 Å². The van der Waals surface area contributed by atoms with Crippen molar-refractivity contribution in [3.05, 3.63) is 104 Å². The molecule has 1 unspecified atom stereocenters. The molecule has 40 heavy (non-hydrogen) atoms. The number of hydrogen-bond acceptors (Lipinski definition) is 6. The molecule has 0 radical (unpaired) electrons. The zero-order valence-electron chi connectivity index (χ0n) is 22.2. The highest BCUT2D eigenvalue weighted by Gasteiger charge is 2.35. The van der Waals surface area contributed by atoms with Crippen LogP contribution in [0.15, 0.2) is 82.1 Å². The van der Waals surface area contributed by atoms with Crippen molar-refractivity contribution in [1.29, 1.82) is 0 Å². The van der Waals surface area contributed by atoms with Crippen LogP contribution in [-0.4, -0.2) is 45.5 Å². The largest absolute Gasteiger partial charge is 0.390 e. The van der Waals surface area contributed by atoms with Crippen LogP contribution in [0.3, 0.4) is 0 Å². The van der Waals surface area contributed by atoms with Crippen molar-refractivity contribution in [1.82, 2.24) is 14.5 Å². The molecule has 208 valence electrons. The number of hydrogen-bond donors (Lipinski definition) is 1. The third-order valence-electron chi connectivity index (χ3n) is 6.42. The molecule has 0 spiro atoms. The Hall–Kier alpha value is -3.53. The number of nitrogens with two attached hydrogens (primary N) is 1. The fourth-order valence-electron chi connectivity index (χ4n) is 4.45. The number of benzene rings is 3. The van der Waals surface area contributed by atoms with Gasteiger partial charge in [-0.1, -0.05) is 71.7 Å². The van der Waals surface area contributed by atoms with Crippen LogP contribution in [0.1, 0.15) is 36.2 Å². The molecular formula is C30H30BrClN4O4. The van der Waals surface area contributed by atoms with E-state index in [0.29, 0.717) is 34.5 Å². The maximum Gasteiger partial charge on any atom is 0.336 e. The second-order valence-corrected chi connectivity index (χ2v) is 11.0. The van der Waals surface area contributed by atoms with E-state index in [9.17, 15) is 14.4 Å². The van der Waals surface area contributed by atoms with Crippen LogP contribution in [0.4, 0.5) is 0 Å². The van der Waals surface area contributed by atoms with E-state index < -0.39 is 12.0 Å². The molecule has 3 aromatic carbocycles. The number of carbonyl (C=O) groups is 2. The number of ether oxygens (including phenoxy) is 1. The minimum Gasteiger partial charge on any atom is -0.390 e. The number of halogens is 2. The van der Waals surface area contributed by atoms with Crippen LogP contribution in [0.5, 0.6) is 6.01 Å². The van der Waals surface area contributed by atoms with Crippen molar-refractivity contribution in [2.45, 2.75) is 32.9 Å². The minimum absolute atomic E-state index is 0.134. The molecule has 4 aromatic rings. The fourth-order valence-corrected chi connectivity index (χ4v) is 4.88. The number of nitrogens with zero attached hydrogens (tertiary/aromatic N) is 3. The van der Waals surface area contributed by atoms with E-state index in [1.807, 2.05) is 44.2 Å². The summed E-state index contributed by atoms with van der Waals surface area (Å²) < 4.78 is 8.02. The number of rotatable bonds is 10. The van der Waals surface area contributed by atoms with E-state index in [-0.39, 0.29) is 36.5 Å². The second kappa shape index (κ2) is 13.2. The normalized spacial score (nSPS) is 11.9. The minimum atomic E-state index is -0.958. The SMILES string of the molecule is CC(C)C(C(=O)Oc1nc2cc(Cl)ccc2c(=O)n1Cc1ccccc1)N(CCCN)C(=O)c1ccc(Br)cc1. The molecule has 8 nitrogen and oxygen atoms in total. The maximum atomic E-state index is 13.8. The highest BCUT2D eigenvalue weighted by Crippen LogP contribution is 2.22. The van der Waals surface area contributed by atoms with E-state index >= 15 is 0 Å². The molecule has 0 saturated heterocycles. The van der Waals surface area contributed by atoms with Gasteiger partial charge in [0.2, 0.25) is 0 Å². The Bertz CT molecular complexity index is 1560. The molecule has 0 aliphatic rings. The van der Waals surface area contributed by atoms with E-state index in [4.69, 9.17) is 22.1 Å². The topological polar surface area (TPSA) is 108 Å². The van der Waals surface area contributed by atoms with Crippen molar-refractivity contribution in [2.75, 3.05) is 13.1 Å². The Morgan fingerprint density at radius 3 is 2.42 bits per heavy atom. The van der Waals surface area contributed by atoms with Gasteiger partial charge in [-0.2, -0.15) is 4.98 Å². The van der Waals surface area contributed by atoms with Crippen LogP contribution in [0.25, 0.3) is 10.9 Å². The van der Waals surface area contributed by atoms with Crippen LogP contribution in [0, 0.1) is 5.92 Å². The lowest BCUT2D eigenvalue weighted by Gasteiger charge is -2.33. The molecule has 1 amide bonds. The molecule has 0 fully saturated rings. The molecule has 2 N–H and O–H groups in total. The fraction of sp³-hybridized carbons (Fsp3) is 0.267. The molecule has 0 aliphatic carbocycles. The Balaban J connectivity index is 1.76. The van der Waals surface area contributed by atoms with Crippen LogP contribution in [0.2, 0.25) is 5.02 Å². The molecule has 4 rings (SSSR count). The molecular weight excluding hydrogens is 596 g/mol. The Labute approximate surface area is 245 Å². The van der Waals surface area contributed by atoms with Crippen LogP contribution < -0.4 is 16.0 Å². The van der Waals surface area contributed by atoms with E-state index in [1.54, 1.807) is 42.5 Å². The standard InChI is InChI=1S/C30H30BrClN4O4/c1-19(2)26(35(16-6-15-33)27(37)21-9-11-22(31)12-10-21)29(39)40-30-34-25-17-23(32)13-14-24(25)28(38)36(30)18-20-7-4-3-5-8-20/h3-5,7-14,17,19,26H,6,15-16,18,33H2,1-2H3. The lowest BCUT2D eigenvalue weighted by Crippen LogP contribution is -2.50. The first-order valence-electron chi connectivity index (χ1n) is 12.9. The Morgan fingerprint density at radius 1 is 1.07 bits per heavy atom. The molecule has 0 saturated carbocycles. The van der Waals surface area contributed by atoms with Gasteiger partial charge in [-0.05, 0) is 66.9 Å². The molecule has 0 bridgehead atoms. The molecule has 1 atom stereocenters. The summed E-state index contributed by atoms with van der Waals surface area (Å²) in [6.45, 7) is 4.39. The van der Waals surface area contributed by atoms with E-state index in [2.05, 4.69) is 20.9 Å². The molecule has 1 heterocycles. The number of aromatic nitrogens is 2. The lowest BCUT2D eigenvalue weighted by atomic mass is 10.0. The van der Waals surface area contributed by atoms with Crippen molar-refractivity contribution < 1.29 is 14.3 Å². The number of carbonyl (C=O) groups excluding carboxylic acids is 2. The average molecular weight is 626 g/mol. The predicted octanol–water partition coefficient (Wildman–Crippen LogP) is 5.28. The third kappa shape index (κ3) is 6.78. The van der Waals surface area contributed by atoms with Gasteiger partial charge in [-0.25, -0.2) is 4.79 Å². The molecule has 1 aromatic heterocycles. The first kappa shape index (κ1) is 29.5. The van der Waals surface area contributed by atoms with Gasteiger partial charge in [0.1, 0.15) is 6.04 Å². The third-order valence-corrected chi connectivity index (χ3v) is 7.19. The first-order chi connectivity index (χ1) is 19.2. The Kier molecular flexibility index (Phi) is 9.73. The summed E-state index contributed by atoms with van der Waals surface area (Å²) in [5.74, 6) is -1.34. The summed E-state index contributed by atoms with van der Waals surface area (Å²) in [5.41, 5.74) is 6.95. The van der Waals surface area contributed by atoms with Crippen molar-refractivity contribution in [3.63, 3.8) is 0 Å². The van der Waals surface area contributed by atoms with Gasteiger partial charge in [0.25, 0.3) is 11.5 Å². The van der Waals surface area contributed by atoms with Gasteiger partial charge in [0.15, 0.2) is 0 Å². The monoisotopic (exact) mass is 624 g/mol. The van der Waals surface area contributed by atoms with Gasteiger partial charge in [0, 0.05) is 21.6 Å². The van der Waals surface area contributed by atoms with Crippen molar-refractivity contribution in [2.24, 2.45) is 11.7 Å². The quantitative estimate of drug-likeness (QED) is 0.240. The van der Waals surface area contributed by atoms with Gasteiger partial charge in [-0.15, -0.1) is 0 Å². The summed E-state index contributed by atoms with van der Waals surface area (Å²) in [6, 6.07) is 19.9. The molecule has 0 aliphatic heterocycles. The summed E-state index contributed by atoms with van der Waals surface area (Å²) >= 11 is 9.55. The van der Waals surface area contributed by atoms with Gasteiger partial charge in [0.05, 0.1) is 17.4 Å². The van der Waals surface area contributed by atoms with Crippen LogP contribution in [-0.2, 0) is 11.3 Å². The summed E-state index contributed by atoms with van der Waals surface area (Å²) in [5, 5.41) is 0.737. The maximum absolute atomic E-state index is 13.8. The lowest BCUT2D eigenvalue weighted by molar-refractivity contribution is -0.142. The predicted molar refractivity (Wildman–Crippen MR) is 160 cm³/mol. The van der Waals surface area contributed by atoms with Gasteiger partial charge in [-0.3, -0.25) is 14.2 Å². The zero-order valence-corrected chi connectivity index (χ0v) is 24.6. The molecule has 10 heteroatoms. The summed E-state index contributed by atoms with van der Waals surface area (Å²) in [6.07, 6.45) is 0.490. The highest BCUT2D eigenvalue weighted by atomic mass is 79.9. The average Bonchev–Trinajstić information content (AvgIpc) is 2.93. The van der Waals surface area contributed by atoms with Gasteiger partial charge < -0.3 is 15.4 Å². The van der Waals surface area contributed by atoms with E-state index in [1.165, 1.54) is 9.47 Å². The number of esters is 1. The zero-order chi connectivity index (χ0) is 28.8. The van der Waals surface area contributed by atoms with Crippen LogP contribution >= 0.6 is 27.5 Å². The Morgan fingerprint density at radius 2 is 1.77 bits per heavy atom. The van der Waals surface area contributed by atoms with Crippen molar-refractivity contribution in [3.8, 4) is 6.01 Å². The van der Waals surface area contributed by atoms with Crippen molar-refractivity contribution >= 4 is 50.3 Å². The first-order valence-corrected chi connectivity index (χ1v) is 14.1. The smallest absolute Gasteiger partial charge is 0.336 e. The van der Waals surface area contributed by atoms with E-state index in [0.717, 1.165) is 10.0 Å². The number of amides is 1. The second-order valence-electron chi connectivity index (χ2n) is 9.69.